The molecule has 6 heteroatoms. The lowest BCUT2D eigenvalue weighted by atomic mass is 10.0. The van der Waals surface area contributed by atoms with Gasteiger partial charge in [0.15, 0.2) is 0 Å². The van der Waals surface area contributed by atoms with Gasteiger partial charge in [0.25, 0.3) is 0 Å². The molecule has 0 spiro atoms. The van der Waals surface area contributed by atoms with Crippen molar-refractivity contribution in [1.29, 1.82) is 0 Å². The highest BCUT2D eigenvalue weighted by atomic mass is 16.5. The number of nitrogens with one attached hydrogen (secondary N) is 1. The molecule has 0 saturated carbocycles. The number of esters is 1. The number of amides is 1. The van der Waals surface area contributed by atoms with E-state index in [-0.39, 0.29) is 18.5 Å². The molecule has 0 aliphatic carbocycles. The molecule has 0 aliphatic heterocycles. The molecule has 58 heavy (non-hydrogen) atoms. The van der Waals surface area contributed by atoms with Gasteiger partial charge in [-0.2, -0.15) is 0 Å². The summed E-state index contributed by atoms with van der Waals surface area (Å²) in [7, 11) is 0. The lowest BCUT2D eigenvalue weighted by Crippen LogP contribution is -2.45. The third kappa shape index (κ3) is 43.9. The van der Waals surface area contributed by atoms with E-state index in [0.717, 1.165) is 77.0 Å². The molecule has 0 aromatic rings. The Morgan fingerprint density at radius 2 is 0.810 bits per heavy atom. The van der Waals surface area contributed by atoms with Crippen LogP contribution in [0.15, 0.2) is 24.3 Å². The number of carbonyl (C=O) groups is 2. The second kappa shape index (κ2) is 48.0. The van der Waals surface area contributed by atoms with Gasteiger partial charge in [-0.25, -0.2) is 0 Å². The Morgan fingerprint density at radius 3 is 1.22 bits per heavy atom. The molecule has 2 atom stereocenters. The van der Waals surface area contributed by atoms with Crippen molar-refractivity contribution in [2.45, 2.75) is 283 Å². The van der Waals surface area contributed by atoms with Crippen LogP contribution in [-0.4, -0.2) is 47.4 Å². The zero-order valence-corrected chi connectivity index (χ0v) is 38.8. The van der Waals surface area contributed by atoms with E-state index in [1.54, 1.807) is 0 Å². The van der Waals surface area contributed by atoms with Crippen molar-refractivity contribution in [2.24, 2.45) is 0 Å². The molecule has 0 heterocycles. The molecule has 0 fully saturated rings. The van der Waals surface area contributed by atoms with Crippen LogP contribution in [0.5, 0.6) is 0 Å². The van der Waals surface area contributed by atoms with Crippen LogP contribution in [-0.2, 0) is 14.3 Å². The van der Waals surface area contributed by atoms with Crippen molar-refractivity contribution in [3.05, 3.63) is 24.3 Å². The van der Waals surface area contributed by atoms with E-state index in [1.165, 1.54) is 161 Å². The van der Waals surface area contributed by atoms with Crippen molar-refractivity contribution in [2.75, 3.05) is 13.2 Å². The van der Waals surface area contributed by atoms with Crippen LogP contribution in [0.3, 0.4) is 0 Å². The summed E-state index contributed by atoms with van der Waals surface area (Å²) in [6.07, 6.45) is 55.7. The minimum absolute atomic E-state index is 0.0443. The van der Waals surface area contributed by atoms with E-state index in [0.29, 0.717) is 25.9 Å². The summed E-state index contributed by atoms with van der Waals surface area (Å²) in [5, 5.41) is 23.2. The number of rotatable bonds is 47. The number of unbranched alkanes of at least 4 members (excludes halogenated alkanes) is 32. The highest BCUT2D eigenvalue weighted by molar-refractivity contribution is 5.76. The lowest BCUT2D eigenvalue weighted by Gasteiger charge is -2.22. The molecule has 1 amide bonds. The van der Waals surface area contributed by atoms with Crippen LogP contribution < -0.4 is 5.32 Å². The highest BCUT2D eigenvalue weighted by Gasteiger charge is 2.20. The number of aliphatic hydroxyl groups is 2. The second-order valence-electron chi connectivity index (χ2n) is 17.5. The van der Waals surface area contributed by atoms with E-state index in [9.17, 15) is 19.8 Å². The van der Waals surface area contributed by atoms with Gasteiger partial charge in [-0.05, 0) is 77.0 Å². The predicted molar refractivity (Wildman–Crippen MR) is 250 cm³/mol. The van der Waals surface area contributed by atoms with Gasteiger partial charge in [0.05, 0.1) is 25.4 Å². The van der Waals surface area contributed by atoms with Crippen LogP contribution >= 0.6 is 0 Å². The van der Waals surface area contributed by atoms with Gasteiger partial charge in [0.2, 0.25) is 5.91 Å². The van der Waals surface area contributed by atoms with Crippen molar-refractivity contribution >= 4 is 11.9 Å². The molecule has 342 valence electrons. The largest absolute Gasteiger partial charge is 0.466 e. The number of hydrogen-bond donors (Lipinski definition) is 3. The molecule has 0 rings (SSSR count). The molecule has 0 aliphatic rings. The number of carbonyl (C=O) groups excluding carboxylic acids is 2. The van der Waals surface area contributed by atoms with Crippen molar-refractivity contribution in [3.63, 3.8) is 0 Å². The number of ether oxygens (including phenoxy) is 1. The summed E-state index contributed by atoms with van der Waals surface area (Å²) in [6, 6.07) is -0.567. The highest BCUT2D eigenvalue weighted by Crippen LogP contribution is 2.16. The molecule has 3 N–H and O–H groups in total. The Balaban J connectivity index is 3.53. The number of allylic oxidation sites excluding steroid dienone is 4. The summed E-state index contributed by atoms with van der Waals surface area (Å²) in [4.78, 5) is 24.5. The van der Waals surface area contributed by atoms with Gasteiger partial charge >= 0.3 is 5.97 Å². The Labute approximate surface area is 361 Å². The van der Waals surface area contributed by atoms with Crippen molar-refractivity contribution in [1.82, 2.24) is 5.32 Å². The summed E-state index contributed by atoms with van der Waals surface area (Å²) in [5.41, 5.74) is 0. The minimum Gasteiger partial charge on any atom is -0.466 e. The SMILES string of the molecule is CCCCCCCC/C=C\CCCCCCCC(=O)OCCCC/C=C\CCCCCCC(=O)NC(CO)C(O)CCCCCCCCCCCCCCCCCC. The minimum atomic E-state index is -0.686. The smallest absolute Gasteiger partial charge is 0.305 e. The number of hydrogen-bond acceptors (Lipinski definition) is 5. The average Bonchev–Trinajstić information content (AvgIpc) is 3.22. The molecule has 0 radical (unpaired) electrons. The molecule has 0 saturated heterocycles. The standard InChI is InChI=1S/C52H99NO5/c1-3-5-7-9-11-13-15-17-19-21-22-24-28-32-36-40-44-50(55)49(48-54)53-51(56)45-41-37-33-29-26-27-31-35-39-43-47-58-52(57)46-42-38-34-30-25-23-20-18-16-14-12-10-8-6-4-2/h18,20,27,31,49-50,54-55H,3-17,19,21-26,28-30,32-48H2,1-2H3,(H,53,56)/b20-18-,31-27-. The maximum Gasteiger partial charge on any atom is 0.305 e. The Bertz CT molecular complexity index is 904. The summed E-state index contributed by atoms with van der Waals surface area (Å²) in [5.74, 6) is -0.115. The molecular weight excluding hydrogens is 719 g/mol. The zero-order chi connectivity index (χ0) is 42.3. The molecule has 2 unspecified atom stereocenters. The molecule has 0 bridgehead atoms. The van der Waals surface area contributed by atoms with Crippen LogP contribution in [0.1, 0.15) is 271 Å². The van der Waals surface area contributed by atoms with Gasteiger partial charge in [0, 0.05) is 12.8 Å². The fraction of sp³-hybridized carbons (Fsp3) is 0.885. The fourth-order valence-electron chi connectivity index (χ4n) is 7.74. The quantitative estimate of drug-likeness (QED) is 0.0323. The van der Waals surface area contributed by atoms with Crippen molar-refractivity contribution in [3.8, 4) is 0 Å². The second-order valence-corrected chi connectivity index (χ2v) is 17.5. The normalized spacial score (nSPS) is 12.8. The van der Waals surface area contributed by atoms with E-state index in [4.69, 9.17) is 4.74 Å². The molecule has 0 aromatic heterocycles. The maximum atomic E-state index is 12.4. The van der Waals surface area contributed by atoms with Crippen molar-refractivity contribution < 1.29 is 24.5 Å². The Hall–Kier alpha value is -1.66. The van der Waals surface area contributed by atoms with Gasteiger partial charge in [-0.3, -0.25) is 9.59 Å². The topological polar surface area (TPSA) is 95.9 Å². The lowest BCUT2D eigenvalue weighted by molar-refractivity contribution is -0.143. The maximum absolute atomic E-state index is 12.4. The first-order valence-electron chi connectivity index (χ1n) is 25.6. The first-order valence-corrected chi connectivity index (χ1v) is 25.6. The van der Waals surface area contributed by atoms with E-state index < -0.39 is 12.1 Å². The van der Waals surface area contributed by atoms with Crippen LogP contribution in [0.25, 0.3) is 0 Å². The third-order valence-electron chi connectivity index (χ3n) is 11.7. The summed E-state index contributed by atoms with van der Waals surface area (Å²) >= 11 is 0. The van der Waals surface area contributed by atoms with Gasteiger partial charge in [-0.1, -0.05) is 205 Å². The van der Waals surface area contributed by atoms with Gasteiger partial charge in [0.1, 0.15) is 0 Å². The van der Waals surface area contributed by atoms with Crippen LogP contribution in [0.4, 0.5) is 0 Å². The fourth-order valence-corrected chi connectivity index (χ4v) is 7.74. The Kier molecular flexibility index (Phi) is 46.6. The van der Waals surface area contributed by atoms with Gasteiger partial charge < -0.3 is 20.3 Å². The van der Waals surface area contributed by atoms with Crippen LogP contribution in [0, 0.1) is 0 Å². The molecule has 0 aromatic carbocycles. The summed E-state index contributed by atoms with van der Waals surface area (Å²) < 4.78 is 5.43. The van der Waals surface area contributed by atoms with E-state index in [1.807, 2.05) is 0 Å². The third-order valence-corrected chi connectivity index (χ3v) is 11.7. The molecule has 6 nitrogen and oxygen atoms in total. The predicted octanol–water partition coefficient (Wildman–Crippen LogP) is 15.1. The monoisotopic (exact) mass is 818 g/mol. The molecular formula is C52H99NO5. The zero-order valence-electron chi connectivity index (χ0n) is 38.8. The van der Waals surface area contributed by atoms with Gasteiger partial charge in [-0.15, -0.1) is 0 Å². The first-order chi connectivity index (χ1) is 28.5. The Morgan fingerprint density at radius 1 is 0.466 bits per heavy atom. The average molecular weight is 818 g/mol. The van der Waals surface area contributed by atoms with E-state index in [2.05, 4.69) is 43.5 Å². The summed E-state index contributed by atoms with van der Waals surface area (Å²) in [6.45, 7) is 4.86. The van der Waals surface area contributed by atoms with Crippen LogP contribution in [0.2, 0.25) is 0 Å². The first kappa shape index (κ1) is 56.3. The number of aliphatic hydroxyl groups excluding tert-OH is 2. The van der Waals surface area contributed by atoms with E-state index >= 15 is 0 Å².